The van der Waals surface area contributed by atoms with Crippen LogP contribution in [-0.2, 0) is 23.1 Å². The first kappa shape index (κ1) is 14.8. The lowest BCUT2D eigenvalue weighted by atomic mass is 10.2. The summed E-state index contributed by atoms with van der Waals surface area (Å²) in [6.07, 6.45) is 2.26. The number of piperazine rings is 1. The number of rotatable bonds is 3. The molecule has 9 nitrogen and oxygen atoms in total. The van der Waals surface area contributed by atoms with Gasteiger partial charge in [-0.15, -0.1) is 0 Å². The molecular formula is C12H17N5O4. The number of hydrogen-bond donors (Lipinski definition) is 3. The molecule has 0 spiro atoms. The number of aromatic nitrogens is 2. The van der Waals surface area contributed by atoms with Crippen LogP contribution in [0.25, 0.3) is 0 Å². The molecule has 0 saturated carbocycles. The van der Waals surface area contributed by atoms with Crippen LogP contribution in [0.2, 0.25) is 0 Å². The highest BCUT2D eigenvalue weighted by atomic mass is 16.4. The summed E-state index contributed by atoms with van der Waals surface area (Å²) < 4.78 is 1.56. The Balaban J connectivity index is 2.16. The monoisotopic (exact) mass is 295 g/mol. The Morgan fingerprint density at radius 3 is 2.90 bits per heavy atom. The van der Waals surface area contributed by atoms with Gasteiger partial charge in [-0.2, -0.15) is 5.10 Å². The number of carbonyl (C=O) groups is 3. The number of aryl methyl sites for hydroxylation is 2. The summed E-state index contributed by atoms with van der Waals surface area (Å²) in [6.45, 7) is 1.51. The summed E-state index contributed by atoms with van der Waals surface area (Å²) in [5.41, 5.74) is 1.21. The minimum Gasteiger partial charge on any atom is -0.480 e. The minimum atomic E-state index is -1.16. The Morgan fingerprint density at radius 2 is 2.29 bits per heavy atom. The van der Waals surface area contributed by atoms with Crippen LogP contribution in [0.1, 0.15) is 12.6 Å². The fourth-order valence-electron chi connectivity index (χ4n) is 2.16. The molecule has 1 fully saturated rings. The predicted molar refractivity (Wildman–Crippen MR) is 72.7 cm³/mol. The second-order valence-electron chi connectivity index (χ2n) is 4.73. The molecule has 3 amide bonds. The van der Waals surface area contributed by atoms with Gasteiger partial charge < -0.3 is 15.7 Å². The lowest BCUT2D eigenvalue weighted by Gasteiger charge is -2.32. The number of carboxylic acid groups (broad SMARTS) is 1. The molecule has 21 heavy (non-hydrogen) atoms. The molecule has 0 aromatic carbocycles. The number of carbonyl (C=O) groups excluding carboxylic acids is 2. The highest BCUT2D eigenvalue weighted by molar-refractivity contribution is 5.96. The predicted octanol–water partition coefficient (Wildman–Crippen LogP) is -0.601. The Labute approximate surface area is 120 Å². The average molecular weight is 295 g/mol. The summed E-state index contributed by atoms with van der Waals surface area (Å²) in [5, 5.41) is 18.4. The summed E-state index contributed by atoms with van der Waals surface area (Å²) >= 11 is 0. The van der Waals surface area contributed by atoms with Gasteiger partial charge in [0, 0.05) is 19.8 Å². The zero-order valence-electron chi connectivity index (χ0n) is 11.8. The van der Waals surface area contributed by atoms with Crippen molar-refractivity contribution in [3.63, 3.8) is 0 Å². The van der Waals surface area contributed by atoms with Gasteiger partial charge in [0.25, 0.3) is 0 Å². The van der Waals surface area contributed by atoms with Gasteiger partial charge in [0.2, 0.25) is 5.91 Å². The molecule has 0 bridgehead atoms. The Morgan fingerprint density at radius 1 is 1.57 bits per heavy atom. The fourth-order valence-corrected chi connectivity index (χ4v) is 2.16. The number of carboxylic acids is 1. The average Bonchev–Trinajstić information content (AvgIpc) is 2.78. The summed E-state index contributed by atoms with van der Waals surface area (Å²) in [7, 11) is 1.73. The van der Waals surface area contributed by atoms with Gasteiger partial charge in [0.1, 0.15) is 12.6 Å². The van der Waals surface area contributed by atoms with Crippen LogP contribution in [0.4, 0.5) is 10.5 Å². The van der Waals surface area contributed by atoms with E-state index < -0.39 is 18.0 Å². The highest BCUT2D eigenvalue weighted by Crippen LogP contribution is 2.15. The van der Waals surface area contributed by atoms with Crippen molar-refractivity contribution in [1.82, 2.24) is 20.0 Å². The maximum atomic E-state index is 12.2. The third-order valence-corrected chi connectivity index (χ3v) is 3.21. The van der Waals surface area contributed by atoms with E-state index in [9.17, 15) is 14.4 Å². The third-order valence-electron chi connectivity index (χ3n) is 3.21. The number of anilines is 1. The summed E-state index contributed by atoms with van der Waals surface area (Å²) in [5.74, 6) is -1.54. The van der Waals surface area contributed by atoms with Crippen molar-refractivity contribution in [2.75, 3.05) is 18.4 Å². The maximum Gasteiger partial charge on any atom is 0.328 e. The Kier molecular flexibility index (Phi) is 4.10. The summed E-state index contributed by atoms with van der Waals surface area (Å²) in [4.78, 5) is 35.8. The van der Waals surface area contributed by atoms with E-state index in [0.717, 1.165) is 4.90 Å². The van der Waals surface area contributed by atoms with Crippen molar-refractivity contribution in [1.29, 1.82) is 0 Å². The number of amides is 3. The molecule has 9 heteroatoms. The number of urea groups is 1. The second kappa shape index (κ2) is 5.81. The van der Waals surface area contributed by atoms with E-state index >= 15 is 0 Å². The molecule has 1 aromatic heterocycles. The largest absolute Gasteiger partial charge is 0.480 e. The summed E-state index contributed by atoms with van der Waals surface area (Å²) in [6, 6.07) is -1.70. The van der Waals surface area contributed by atoms with E-state index in [4.69, 9.17) is 5.11 Å². The minimum absolute atomic E-state index is 0.102. The lowest BCUT2D eigenvalue weighted by molar-refractivity contribution is -0.144. The van der Waals surface area contributed by atoms with Crippen molar-refractivity contribution in [3.8, 4) is 0 Å². The Bertz CT molecular complexity index is 582. The van der Waals surface area contributed by atoms with E-state index in [-0.39, 0.29) is 19.0 Å². The molecule has 0 radical (unpaired) electrons. The van der Waals surface area contributed by atoms with Crippen LogP contribution in [0, 0.1) is 0 Å². The van der Waals surface area contributed by atoms with E-state index in [1.54, 1.807) is 17.9 Å². The lowest BCUT2D eigenvalue weighted by Crippen LogP contribution is -2.60. The van der Waals surface area contributed by atoms with Gasteiger partial charge in [-0.3, -0.25) is 14.4 Å². The first-order valence-electron chi connectivity index (χ1n) is 6.52. The first-order valence-corrected chi connectivity index (χ1v) is 6.52. The van der Waals surface area contributed by atoms with Crippen LogP contribution in [0.5, 0.6) is 0 Å². The Hall–Kier alpha value is -2.58. The number of nitrogens with one attached hydrogen (secondary N) is 2. The standard InChI is InChI=1S/C12H17N5O4/c1-3-7-8(5-16(2)15-7)14-12(21)17-6-10(18)13-4-9(17)11(19)20/h5,9H,3-4,6H2,1-2H3,(H,13,18)(H,14,21)(H,19,20). The third kappa shape index (κ3) is 3.12. The van der Waals surface area contributed by atoms with E-state index in [0.29, 0.717) is 17.8 Å². The quantitative estimate of drug-likeness (QED) is 0.688. The van der Waals surface area contributed by atoms with Gasteiger partial charge in [-0.1, -0.05) is 6.92 Å². The van der Waals surface area contributed by atoms with E-state index in [2.05, 4.69) is 15.7 Å². The van der Waals surface area contributed by atoms with Crippen LogP contribution < -0.4 is 10.6 Å². The van der Waals surface area contributed by atoms with Gasteiger partial charge >= 0.3 is 12.0 Å². The molecule has 0 aliphatic carbocycles. The first-order chi connectivity index (χ1) is 9.92. The van der Waals surface area contributed by atoms with Crippen LogP contribution in [-0.4, -0.2) is 56.8 Å². The van der Waals surface area contributed by atoms with Gasteiger partial charge in [0.15, 0.2) is 0 Å². The molecule has 1 aliphatic heterocycles. The molecular weight excluding hydrogens is 278 g/mol. The normalized spacial score (nSPS) is 18.3. The van der Waals surface area contributed by atoms with Crippen molar-refractivity contribution in [2.45, 2.75) is 19.4 Å². The van der Waals surface area contributed by atoms with Crippen molar-refractivity contribution in [2.24, 2.45) is 7.05 Å². The van der Waals surface area contributed by atoms with Gasteiger partial charge in [-0.05, 0) is 6.42 Å². The number of hydrogen-bond acceptors (Lipinski definition) is 4. The van der Waals surface area contributed by atoms with Crippen molar-refractivity contribution < 1.29 is 19.5 Å². The van der Waals surface area contributed by atoms with Crippen LogP contribution in [0.3, 0.4) is 0 Å². The smallest absolute Gasteiger partial charge is 0.328 e. The molecule has 2 heterocycles. The van der Waals surface area contributed by atoms with Crippen LogP contribution in [0.15, 0.2) is 6.20 Å². The SMILES string of the molecule is CCc1nn(C)cc1NC(=O)N1CC(=O)NCC1C(=O)O. The van der Waals surface area contributed by atoms with E-state index in [1.807, 2.05) is 6.92 Å². The van der Waals surface area contributed by atoms with Gasteiger partial charge in [0.05, 0.1) is 11.4 Å². The molecule has 1 aliphatic rings. The molecule has 1 aromatic rings. The van der Waals surface area contributed by atoms with Crippen molar-refractivity contribution >= 4 is 23.6 Å². The number of nitrogens with zero attached hydrogens (tertiary/aromatic N) is 3. The molecule has 1 saturated heterocycles. The molecule has 114 valence electrons. The van der Waals surface area contributed by atoms with Crippen molar-refractivity contribution in [3.05, 3.63) is 11.9 Å². The molecule has 2 rings (SSSR count). The zero-order valence-corrected chi connectivity index (χ0v) is 11.8. The van der Waals surface area contributed by atoms with Gasteiger partial charge in [-0.25, -0.2) is 9.59 Å². The molecule has 1 atom stereocenters. The van der Waals surface area contributed by atoms with E-state index in [1.165, 1.54) is 0 Å². The number of aliphatic carboxylic acids is 1. The topological polar surface area (TPSA) is 117 Å². The molecule has 3 N–H and O–H groups in total. The highest BCUT2D eigenvalue weighted by Gasteiger charge is 2.35. The zero-order chi connectivity index (χ0) is 15.6. The maximum absolute atomic E-state index is 12.2. The second-order valence-corrected chi connectivity index (χ2v) is 4.73. The fraction of sp³-hybridized carbons (Fsp3) is 0.500. The van der Waals surface area contributed by atoms with Crippen LogP contribution >= 0.6 is 0 Å². The molecule has 1 unspecified atom stereocenters.